The van der Waals surface area contributed by atoms with Crippen molar-refractivity contribution in [3.8, 4) is 0 Å². The summed E-state index contributed by atoms with van der Waals surface area (Å²) in [6.45, 7) is 5.43. The quantitative estimate of drug-likeness (QED) is 0.664. The van der Waals surface area contributed by atoms with Gasteiger partial charge in [-0.25, -0.2) is 4.39 Å². The van der Waals surface area contributed by atoms with Crippen LogP contribution in [0.25, 0.3) is 0 Å². The molecule has 0 amide bonds. The number of rotatable bonds is 9. The second kappa shape index (κ2) is 9.40. The Kier molecular flexibility index (Phi) is 8.10. The fourth-order valence-corrected chi connectivity index (χ4v) is 2.84. The lowest BCUT2D eigenvalue weighted by atomic mass is 10.1. The van der Waals surface area contributed by atoms with E-state index in [1.54, 1.807) is 17.8 Å². The van der Waals surface area contributed by atoms with Gasteiger partial charge in [0.1, 0.15) is 5.82 Å². The van der Waals surface area contributed by atoms with Crippen molar-refractivity contribution >= 4 is 11.8 Å². The van der Waals surface area contributed by atoms with Crippen molar-refractivity contribution in [2.75, 3.05) is 12.3 Å². The molecule has 0 fully saturated rings. The van der Waals surface area contributed by atoms with Crippen molar-refractivity contribution in [2.24, 2.45) is 0 Å². The maximum Gasteiger partial charge on any atom is 0.136 e. The molecule has 0 aliphatic carbocycles. The van der Waals surface area contributed by atoms with Crippen LogP contribution in [-0.4, -0.2) is 18.3 Å². The van der Waals surface area contributed by atoms with Gasteiger partial charge in [0.25, 0.3) is 0 Å². The van der Waals surface area contributed by atoms with Crippen LogP contribution < -0.4 is 5.32 Å². The van der Waals surface area contributed by atoms with Gasteiger partial charge in [-0.15, -0.1) is 11.8 Å². The van der Waals surface area contributed by atoms with Gasteiger partial charge in [-0.3, -0.25) is 0 Å². The molecule has 1 aromatic carbocycles. The van der Waals surface area contributed by atoms with Gasteiger partial charge in [-0.1, -0.05) is 38.8 Å². The van der Waals surface area contributed by atoms with Crippen LogP contribution in [0.3, 0.4) is 0 Å². The summed E-state index contributed by atoms with van der Waals surface area (Å²) in [6.07, 6.45) is 4.78. The molecule has 1 aromatic rings. The molecule has 1 rings (SSSR count). The Morgan fingerprint density at radius 3 is 2.67 bits per heavy atom. The standard InChI is InChI=1S/C15H24FNS/c1-3-5-8-13(17-11-4-2)12-18-15-10-7-6-9-14(15)16/h6-7,9-10,13,17H,3-5,8,11-12H2,1-2H3. The number of hydrogen-bond acceptors (Lipinski definition) is 2. The summed E-state index contributed by atoms with van der Waals surface area (Å²) in [5, 5.41) is 3.55. The Labute approximate surface area is 115 Å². The largest absolute Gasteiger partial charge is 0.313 e. The molecule has 0 heterocycles. The maximum atomic E-state index is 13.5. The van der Waals surface area contributed by atoms with Crippen molar-refractivity contribution in [1.82, 2.24) is 5.32 Å². The minimum absolute atomic E-state index is 0.104. The molecule has 0 aliphatic rings. The molecular formula is C15H24FNS. The van der Waals surface area contributed by atoms with Crippen LogP contribution in [0, 0.1) is 5.82 Å². The fourth-order valence-electron chi connectivity index (χ4n) is 1.80. The van der Waals surface area contributed by atoms with Crippen LogP contribution in [0.2, 0.25) is 0 Å². The summed E-state index contributed by atoms with van der Waals surface area (Å²) in [7, 11) is 0. The van der Waals surface area contributed by atoms with Gasteiger partial charge in [0.15, 0.2) is 0 Å². The lowest BCUT2D eigenvalue weighted by molar-refractivity contribution is 0.501. The lowest BCUT2D eigenvalue weighted by Crippen LogP contribution is -2.31. The molecule has 3 heteroatoms. The lowest BCUT2D eigenvalue weighted by Gasteiger charge is -2.18. The molecule has 0 aliphatic heterocycles. The summed E-state index contributed by atoms with van der Waals surface area (Å²) in [6, 6.07) is 7.52. The first kappa shape index (κ1) is 15.5. The summed E-state index contributed by atoms with van der Waals surface area (Å²) in [4.78, 5) is 0.761. The Bertz CT molecular complexity index is 322. The van der Waals surface area contributed by atoms with E-state index in [2.05, 4.69) is 19.2 Å². The molecule has 0 saturated heterocycles. The van der Waals surface area contributed by atoms with E-state index in [1.807, 2.05) is 12.1 Å². The Hall–Kier alpha value is -0.540. The van der Waals surface area contributed by atoms with Gasteiger partial charge in [-0.2, -0.15) is 0 Å². The van der Waals surface area contributed by atoms with Crippen LogP contribution in [-0.2, 0) is 0 Å². The van der Waals surface area contributed by atoms with Crippen LogP contribution >= 0.6 is 11.8 Å². The molecule has 1 N–H and O–H groups in total. The summed E-state index contributed by atoms with van der Waals surface area (Å²) >= 11 is 1.62. The predicted octanol–water partition coefficient (Wildman–Crippen LogP) is 4.48. The van der Waals surface area contributed by atoms with Crippen LogP contribution in [0.1, 0.15) is 39.5 Å². The highest BCUT2D eigenvalue weighted by molar-refractivity contribution is 7.99. The van der Waals surface area contributed by atoms with Gasteiger partial charge >= 0.3 is 0 Å². The molecule has 102 valence electrons. The molecule has 0 bridgehead atoms. The van der Waals surface area contributed by atoms with Crippen LogP contribution in [0.5, 0.6) is 0 Å². The summed E-state index contributed by atoms with van der Waals surface area (Å²) < 4.78 is 13.5. The molecule has 0 aromatic heterocycles. The molecule has 1 nitrogen and oxygen atoms in total. The van der Waals surface area contributed by atoms with E-state index in [-0.39, 0.29) is 5.82 Å². The van der Waals surface area contributed by atoms with E-state index >= 15 is 0 Å². The first-order valence-electron chi connectivity index (χ1n) is 6.88. The average Bonchev–Trinajstić information content (AvgIpc) is 2.39. The van der Waals surface area contributed by atoms with Gasteiger partial charge in [0.05, 0.1) is 0 Å². The topological polar surface area (TPSA) is 12.0 Å². The number of hydrogen-bond donors (Lipinski definition) is 1. The van der Waals surface area contributed by atoms with Gasteiger partial charge in [0, 0.05) is 16.7 Å². The minimum atomic E-state index is -0.104. The number of nitrogens with one attached hydrogen (secondary N) is 1. The van der Waals surface area contributed by atoms with E-state index in [4.69, 9.17) is 0 Å². The molecule has 0 spiro atoms. The monoisotopic (exact) mass is 269 g/mol. The molecule has 1 unspecified atom stereocenters. The van der Waals surface area contributed by atoms with Crippen LogP contribution in [0.4, 0.5) is 4.39 Å². The molecule has 0 radical (unpaired) electrons. The van der Waals surface area contributed by atoms with Gasteiger partial charge in [-0.05, 0) is 31.5 Å². The first-order valence-corrected chi connectivity index (χ1v) is 7.87. The second-order valence-electron chi connectivity index (χ2n) is 4.53. The number of halogens is 1. The highest BCUT2D eigenvalue weighted by Crippen LogP contribution is 2.22. The highest BCUT2D eigenvalue weighted by Gasteiger charge is 2.09. The Balaban J connectivity index is 2.42. The third-order valence-corrected chi connectivity index (χ3v) is 4.08. The molecule has 18 heavy (non-hydrogen) atoms. The zero-order chi connectivity index (χ0) is 13.2. The molecular weight excluding hydrogens is 245 g/mol. The number of thioether (sulfide) groups is 1. The van der Waals surface area contributed by atoms with E-state index in [0.29, 0.717) is 6.04 Å². The zero-order valence-corrected chi connectivity index (χ0v) is 12.2. The first-order chi connectivity index (χ1) is 8.77. The van der Waals surface area contributed by atoms with Gasteiger partial charge in [0.2, 0.25) is 0 Å². The highest BCUT2D eigenvalue weighted by atomic mass is 32.2. The SMILES string of the molecule is CCCCC(CSc1ccccc1F)NCCC. The summed E-state index contributed by atoms with van der Waals surface area (Å²) in [5.74, 6) is 0.841. The van der Waals surface area contributed by atoms with E-state index < -0.39 is 0 Å². The van der Waals surface area contributed by atoms with Crippen molar-refractivity contribution in [3.05, 3.63) is 30.1 Å². The van der Waals surface area contributed by atoms with E-state index in [1.165, 1.54) is 25.3 Å². The second-order valence-corrected chi connectivity index (χ2v) is 5.60. The molecule has 0 saturated carbocycles. The van der Waals surface area contributed by atoms with Crippen molar-refractivity contribution < 1.29 is 4.39 Å². The predicted molar refractivity (Wildman–Crippen MR) is 78.7 cm³/mol. The van der Waals surface area contributed by atoms with Gasteiger partial charge < -0.3 is 5.32 Å². The Morgan fingerprint density at radius 1 is 1.22 bits per heavy atom. The number of unbranched alkanes of at least 4 members (excludes halogenated alkanes) is 1. The van der Waals surface area contributed by atoms with Crippen LogP contribution in [0.15, 0.2) is 29.2 Å². The van der Waals surface area contributed by atoms with E-state index in [9.17, 15) is 4.39 Å². The van der Waals surface area contributed by atoms with E-state index in [0.717, 1.165) is 23.6 Å². The zero-order valence-electron chi connectivity index (χ0n) is 11.4. The minimum Gasteiger partial charge on any atom is -0.313 e. The van der Waals surface area contributed by atoms with Crippen molar-refractivity contribution in [1.29, 1.82) is 0 Å². The normalized spacial score (nSPS) is 12.6. The summed E-state index contributed by atoms with van der Waals surface area (Å²) in [5.41, 5.74) is 0. The van der Waals surface area contributed by atoms with Crippen molar-refractivity contribution in [3.63, 3.8) is 0 Å². The smallest absolute Gasteiger partial charge is 0.136 e. The number of benzene rings is 1. The third kappa shape index (κ3) is 5.87. The molecule has 1 atom stereocenters. The third-order valence-electron chi connectivity index (χ3n) is 2.87. The fraction of sp³-hybridized carbons (Fsp3) is 0.600. The maximum absolute atomic E-state index is 13.5. The average molecular weight is 269 g/mol. The van der Waals surface area contributed by atoms with Crippen molar-refractivity contribution in [2.45, 2.75) is 50.5 Å². The Morgan fingerprint density at radius 2 is 2.00 bits per heavy atom.